The Kier molecular flexibility index (Phi) is 8.50. The van der Waals surface area contributed by atoms with Crippen molar-refractivity contribution in [1.82, 2.24) is 5.43 Å². The molecule has 1 amide bonds. The van der Waals surface area contributed by atoms with Gasteiger partial charge in [0.05, 0.1) is 54.6 Å². The Bertz CT molecular complexity index is 1410. The Morgan fingerprint density at radius 1 is 0.763 bits per heavy atom. The van der Waals surface area contributed by atoms with Crippen molar-refractivity contribution < 1.29 is 38.4 Å². The summed E-state index contributed by atoms with van der Waals surface area (Å²) in [5, 5.41) is 25.8. The van der Waals surface area contributed by atoms with Crippen LogP contribution in [0.1, 0.15) is 26.3 Å². The van der Waals surface area contributed by atoms with E-state index in [2.05, 4.69) is 10.5 Å². The van der Waals surface area contributed by atoms with Gasteiger partial charge >= 0.3 is 5.97 Å². The van der Waals surface area contributed by atoms with Crippen molar-refractivity contribution in [2.45, 2.75) is 0 Å². The fourth-order valence-corrected chi connectivity index (χ4v) is 3.14. The van der Waals surface area contributed by atoms with Crippen LogP contribution in [-0.4, -0.2) is 49.3 Å². The standard InChI is InChI=1S/C24H20N4O10/c1-35-19-7-5-15(11-22(19)37-3)24(30)38-20-6-4-14(8-21(20)36-2)13-25-26-23(29)16-9-17(27(31)32)12-18(10-16)28(33)34/h4-13H,1-3H3,(H,26,29). The van der Waals surface area contributed by atoms with Gasteiger partial charge < -0.3 is 18.9 Å². The van der Waals surface area contributed by atoms with Crippen molar-refractivity contribution in [1.29, 1.82) is 0 Å². The predicted octanol–water partition coefficient (Wildman–Crippen LogP) is 3.51. The summed E-state index contributed by atoms with van der Waals surface area (Å²) >= 11 is 0. The van der Waals surface area contributed by atoms with Crippen LogP contribution in [0.25, 0.3) is 0 Å². The van der Waals surface area contributed by atoms with E-state index in [0.717, 1.165) is 18.2 Å². The number of amides is 1. The van der Waals surface area contributed by atoms with Crippen molar-refractivity contribution in [2.24, 2.45) is 5.10 Å². The van der Waals surface area contributed by atoms with E-state index in [1.165, 1.54) is 57.9 Å². The molecule has 0 saturated carbocycles. The lowest BCUT2D eigenvalue weighted by Crippen LogP contribution is -2.18. The second-order valence-electron chi connectivity index (χ2n) is 7.32. The first kappa shape index (κ1) is 27.1. The first-order chi connectivity index (χ1) is 18.2. The molecule has 196 valence electrons. The SMILES string of the molecule is COc1ccc(C(=O)Oc2ccc(C=NNC(=O)c3cc([N+](=O)[O-])cc([N+](=O)[O-])c3)cc2OC)cc1OC. The number of hydrogen-bond acceptors (Lipinski definition) is 11. The number of carbonyl (C=O) groups is 2. The summed E-state index contributed by atoms with van der Waals surface area (Å²) in [5.74, 6) is -0.492. The molecule has 0 atom stereocenters. The summed E-state index contributed by atoms with van der Waals surface area (Å²) in [5.41, 5.74) is 1.23. The smallest absolute Gasteiger partial charge is 0.343 e. The summed E-state index contributed by atoms with van der Waals surface area (Å²) in [6.07, 6.45) is 1.23. The maximum Gasteiger partial charge on any atom is 0.343 e. The number of non-ortho nitro benzene ring substituents is 2. The highest BCUT2D eigenvalue weighted by Crippen LogP contribution is 2.31. The van der Waals surface area contributed by atoms with Gasteiger partial charge in [-0.25, -0.2) is 10.2 Å². The first-order valence-corrected chi connectivity index (χ1v) is 10.6. The van der Waals surface area contributed by atoms with Gasteiger partial charge in [0.2, 0.25) is 0 Å². The van der Waals surface area contributed by atoms with Gasteiger partial charge in [-0.3, -0.25) is 25.0 Å². The van der Waals surface area contributed by atoms with Gasteiger partial charge in [-0.05, 0) is 42.0 Å². The van der Waals surface area contributed by atoms with E-state index in [1.807, 2.05) is 0 Å². The summed E-state index contributed by atoms with van der Waals surface area (Å²) < 4.78 is 21.0. The second-order valence-corrected chi connectivity index (χ2v) is 7.32. The van der Waals surface area contributed by atoms with Crippen LogP contribution in [0.15, 0.2) is 59.7 Å². The Hall–Kier alpha value is -5.53. The van der Waals surface area contributed by atoms with Crippen LogP contribution < -0.4 is 24.4 Å². The third kappa shape index (κ3) is 6.37. The molecule has 0 unspecified atom stereocenters. The molecule has 14 heteroatoms. The van der Waals surface area contributed by atoms with Gasteiger partial charge in [-0.15, -0.1) is 0 Å². The van der Waals surface area contributed by atoms with Crippen LogP contribution in [0.2, 0.25) is 0 Å². The zero-order valence-electron chi connectivity index (χ0n) is 20.2. The number of methoxy groups -OCH3 is 3. The van der Waals surface area contributed by atoms with E-state index in [-0.39, 0.29) is 22.6 Å². The number of nitro groups is 2. The van der Waals surface area contributed by atoms with E-state index >= 15 is 0 Å². The van der Waals surface area contributed by atoms with Crippen LogP contribution in [0.3, 0.4) is 0 Å². The molecule has 0 radical (unpaired) electrons. The summed E-state index contributed by atoms with van der Waals surface area (Å²) in [6.45, 7) is 0. The maximum absolute atomic E-state index is 12.6. The minimum Gasteiger partial charge on any atom is -0.493 e. The Morgan fingerprint density at radius 2 is 1.34 bits per heavy atom. The fraction of sp³-hybridized carbons (Fsp3) is 0.125. The van der Waals surface area contributed by atoms with Crippen molar-refractivity contribution in [2.75, 3.05) is 21.3 Å². The van der Waals surface area contributed by atoms with Gasteiger partial charge in [0.25, 0.3) is 17.3 Å². The lowest BCUT2D eigenvalue weighted by atomic mass is 10.1. The number of nitrogens with one attached hydrogen (secondary N) is 1. The highest BCUT2D eigenvalue weighted by Gasteiger charge is 2.20. The van der Waals surface area contributed by atoms with Crippen molar-refractivity contribution in [3.05, 3.63) is 91.5 Å². The zero-order valence-corrected chi connectivity index (χ0v) is 20.2. The third-order valence-electron chi connectivity index (χ3n) is 4.98. The van der Waals surface area contributed by atoms with Gasteiger partial charge in [-0.2, -0.15) is 5.10 Å². The summed E-state index contributed by atoms with van der Waals surface area (Å²) in [4.78, 5) is 45.3. The lowest BCUT2D eigenvalue weighted by Gasteiger charge is -2.11. The molecule has 14 nitrogen and oxygen atoms in total. The molecule has 0 aromatic heterocycles. The Labute approximate surface area is 214 Å². The minimum atomic E-state index is -0.902. The quantitative estimate of drug-likeness (QED) is 0.135. The molecule has 0 heterocycles. The van der Waals surface area contributed by atoms with Gasteiger partial charge in [-0.1, -0.05) is 0 Å². The fourth-order valence-electron chi connectivity index (χ4n) is 3.14. The Balaban J connectivity index is 1.73. The molecule has 0 saturated heterocycles. The molecule has 1 N–H and O–H groups in total. The van der Waals surface area contributed by atoms with E-state index < -0.39 is 33.1 Å². The molecular weight excluding hydrogens is 504 g/mol. The van der Waals surface area contributed by atoms with Crippen molar-refractivity contribution in [3.63, 3.8) is 0 Å². The molecule has 0 spiro atoms. The van der Waals surface area contributed by atoms with Crippen LogP contribution in [0, 0.1) is 20.2 Å². The number of nitro benzene ring substituents is 2. The third-order valence-corrected chi connectivity index (χ3v) is 4.98. The predicted molar refractivity (Wildman–Crippen MR) is 132 cm³/mol. The summed E-state index contributed by atoms with van der Waals surface area (Å²) in [7, 11) is 4.27. The second kappa shape index (κ2) is 11.9. The number of esters is 1. The lowest BCUT2D eigenvalue weighted by molar-refractivity contribution is -0.394. The highest BCUT2D eigenvalue weighted by atomic mass is 16.6. The largest absolute Gasteiger partial charge is 0.493 e. The Morgan fingerprint density at radius 3 is 1.92 bits per heavy atom. The number of carbonyl (C=O) groups excluding carboxylic acids is 2. The molecular formula is C24H20N4O10. The van der Waals surface area contributed by atoms with Crippen molar-refractivity contribution in [3.8, 4) is 23.0 Å². The molecule has 0 bridgehead atoms. The number of hydrogen-bond donors (Lipinski definition) is 1. The molecule has 0 aliphatic heterocycles. The highest BCUT2D eigenvalue weighted by molar-refractivity contribution is 5.96. The van der Waals surface area contributed by atoms with Crippen LogP contribution >= 0.6 is 0 Å². The molecule has 0 aliphatic rings. The van der Waals surface area contributed by atoms with E-state index in [9.17, 15) is 29.8 Å². The zero-order chi connectivity index (χ0) is 27.8. The monoisotopic (exact) mass is 524 g/mol. The van der Waals surface area contributed by atoms with E-state index in [1.54, 1.807) is 6.07 Å². The molecule has 0 aliphatic carbocycles. The van der Waals surface area contributed by atoms with Gasteiger partial charge in [0.15, 0.2) is 23.0 Å². The first-order valence-electron chi connectivity index (χ1n) is 10.6. The average molecular weight is 524 g/mol. The number of nitrogens with zero attached hydrogens (tertiary/aromatic N) is 3. The molecule has 3 aromatic carbocycles. The average Bonchev–Trinajstić information content (AvgIpc) is 2.92. The molecule has 38 heavy (non-hydrogen) atoms. The number of ether oxygens (including phenoxy) is 4. The number of rotatable bonds is 10. The van der Waals surface area contributed by atoms with Crippen molar-refractivity contribution >= 4 is 29.5 Å². The van der Waals surface area contributed by atoms with E-state index in [4.69, 9.17) is 18.9 Å². The molecule has 3 aromatic rings. The normalized spacial score (nSPS) is 10.5. The molecule has 0 fully saturated rings. The van der Waals surface area contributed by atoms with Gasteiger partial charge in [0, 0.05) is 12.1 Å². The van der Waals surface area contributed by atoms with Crippen LogP contribution in [-0.2, 0) is 0 Å². The maximum atomic E-state index is 12.6. The molecule has 3 rings (SSSR count). The van der Waals surface area contributed by atoms with Crippen LogP contribution in [0.5, 0.6) is 23.0 Å². The minimum absolute atomic E-state index is 0.109. The topological polar surface area (TPSA) is 182 Å². The number of benzene rings is 3. The summed E-state index contributed by atoms with van der Waals surface area (Å²) in [6, 6.07) is 11.5. The van der Waals surface area contributed by atoms with Crippen LogP contribution in [0.4, 0.5) is 11.4 Å². The van der Waals surface area contributed by atoms with E-state index in [0.29, 0.717) is 17.1 Å². The van der Waals surface area contributed by atoms with Gasteiger partial charge in [0.1, 0.15) is 0 Å². The number of hydrazone groups is 1.